The lowest BCUT2D eigenvalue weighted by atomic mass is 10.1. The average molecular weight is 371 g/mol. The van der Waals surface area contributed by atoms with Gasteiger partial charge in [-0.25, -0.2) is 0 Å². The number of nitrogens with one attached hydrogen (secondary N) is 3. The fraction of sp³-hybridized carbons (Fsp3) is 0.381. The first-order chi connectivity index (χ1) is 12.6. The highest BCUT2D eigenvalue weighted by Crippen LogP contribution is 2.14. The number of thiocarbonyl (C=S) groups is 1. The van der Waals surface area contributed by atoms with Crippen LogP contribution in [0.15, 0.2) is 42.5 Å². The summed E-state index contributed by atoms with van der Waals surface area (Å²) < 4.78 is 5.46. The topological polar surface area (TPSA) is 37.7 Å². The summed E-state index contributed by atoms with van der Waals surface area (Å²) in [5.41, 5.74) is 6.18. The number of anilines is 1. The zero-order valence-electron chi connectivity index (χ0n) is 15.6. The molecule has 1 aliphatic heterocycles. The maximum Gasteiger partial charge on any atom is 0.171 e. The van der Waals surface area contributed by atoms with Crippen LogP contribution in [0, 0.1) is 13.8 Å². The Morgan fingerprint density at radius 1 is 1.04 bits per heavy atom. The van der Waals surface area contributed by atoms with Crippen molar-refractivity contribution in [2.24, 2.45) is 0 Å². The molecule has 0 saturated carbocycles. The molecule has 3 N–H and O–H groups in total. The Bertz CT molecular complexity index is 736. The maximum atomic E-state index is 5.48. The molecule has 1 aliphatic rings. The summed E-state index contributed by atoms with van der Waals surface area (Å²) in [6, 6.07) is 15.0. The highest BCUT2D eigenvalue weighted by Gasteiger charge is 2.15. The summed E-state index contributed by atoms with van der Waals surface area (Å²) >= 11 is 5.48. The number of benzene rings is 2. The molecule has 0 radical (unpaired) electrons. The van der Waals surface area contributed by atoms with Crippen LogP contribution in [0.3, 0.4) is 0 Å². The van der Waals surface area contributed by atoms with Gasteiger partial charge in [0.05, 0.1) is 13.2 Å². The minimum Gasteiger partial charge on any atom is -0.370 e. The van der Waals surface area contributed by atoms with E-state index >= 15 is 0 Å². The van der Waals surface area contributed by atoms with Crippen LogP contribution in [0.25, 0.3) is 0 Å². The summed E-state index contributed by atoms with van der Waals surface area (Å²) in [7, 11) is 0. The van der Waals surface area contributed by atoms with Gasteiger partial charge in [0.2, 0.25) is 0 Å². The van der Waals surface area contributed by atoms with Gasteiger partial charge in [-0.15, -0.1) is 0 Å². The van der Waals surface area contributed by atoms with Crippen molar-refractivity contribution in [3.05, 3.63) is 64.7 Å². The molecule has 0 unspecified atom stereocenters. The molecule has 1 heterocycles. The molecule has 4 nitrogen and oxygen atoms in total. The van der Waals surface area contributed by atoms with E-state index in [0.717, 1.165) is 45.1 Å². The van der Waals surface area contributed by atoms with Gasteiger partial charge in [0.1, 0.15) is 19.6 Å². The molecule has 1 fully saturated rings. The molecule has 0 bridgehead atoms. The first kappa shape index (κ1) is 18.8. The second-order valence-electron chi connectivity index (χ2n) is 6.99. The summed E-state index contributed by atoms with van der Waals surface area (Å²) in [4.78, 5) is 1.58. The zero-order valence-corrected chi connectivity index (χ0v) is 16.4. The molecule has 3 rings (SSSR count). The van der Waals surface area contributed by atoms with Crippen LogP contribution < -0.4 is 15.5 Å². The van der Waals surface area contributed by atoms with Gasteiger partial charge in [0.25, 0.3) is 0 Å². The minimum absolute atomic E-state index is 0.656. The molecule has 5 heteroatoms. The van der Waals surface area contributed by atoms with Crippen LogP contribution in [0.5, 0.6) is 0 Å². The van der Waals surface area contributed by atoms with E-state index in [1.165, 1.54) is 22.3 Å². The molecule has 26 heavy (non-hydrogen) atoms. The quantitative estimate of drug-likeness (QED) is 0.706. The Kier molecular flexibility index (Phi) is 6.61. The first-order valence-electron chi connectivity index (χ1n) is 9.21. The number of morpholine rings is 1. The summed E-state index contributed by atoms with van der Waals surface area (Å²) in [6.45, 7) is 9.84. The van der Waals surface area contributed by atoms with Gasteiger partial charge < -0.3 is 20.3 Å². The molecule has 0 amide bonds. The van der Waals surface area contributed by atoms with Crippen molar-refractivity contribution >= 4 is 23.0 Å². The summed E-state index contributed by atoms with van der Waals surface area (Å²) in [5.74, 6) is 0. The lowest BCUT2D eigenvalue weighted by Gasteiger charge is -2.24. The smallest absolute Gasteiger partial charge is 0.171 e. The molecule has 138 valence electrons. The summed E-state index contributed by atoms with van der Waals surface area (Å²) in [6.07, 6.45) is 0. The lowest BCUT2D eigenvalue weighted by molar-refractivity contribution is -0.921. The van der Waals surface area contributed by atoms with Crippen molar-refractivity contribution < 1.29 is 9.64 Å². The van der Waals surface area contributed by atoms with E-state index in [-0.39, 0.29) is 0 Å². The average Bonchev–Trinajstić information content (AvgIpc) is 2.61. The van der Waals surface area contributed by atoms with Crippen LogP contribution >= 0.6 is 12.2 Å². The predicted octanol–water partition coefficient (Wildman–Crippen LogP) is 2.21. The van der Waals surface area contributed by atoms with Crippen LogP contribution in [-0.4, -0.2) is 31.4 Å². The molecule has 0 atom stereocenters. The second-order valence-corrected chi connectivity index (χ2v) is 7.40. The Hall–Kier alpha value is -1.95. The second kappa shape index (κ2) is 9.12. The van der Waals surface area contributed by atoms with Gasteiger partial charge >= 0.3 is 0 Å². The monoisotopic (exact) mass is 370 g/mol. The normalized spacial score (nSPS) is 14.8. The van der Waals surface area contributed by atoms with Crippen molar-refractivity contribution in [3.8, 4) is 0 Å². The first-order valence-corrected chi connectivity index (χ1v) is 9.62. The van der Waals surface area contributed by atoms with Crippen molar-refractivity contribution in [3.63, 3.8) is 0 Å². The lowest BCUT2D eigenvalue weighted by Crippen LogP contribution is -3.12. The Morgan fingerprint density at radius 2 is 1.69 bits per heavy atom. The van der Waals surface area contributed by atoms with E-state index in [1.807, 2.05) is 0 Å². The van der Waals surface area contributed by atoms with Crippen molar-refractivity contribution in [1.82, 2.24) is 5.32 Å². The molecular weight excluding hydrogens is 342 g/mol. The SMILES string of the molecule is Cc1cc(C)cc(NC(=S)NCc2ccccc2C[NH+]2CCOCC2)c1. The third kappa shape index (κ3) is 5.53. The van der Waals surface area contributed by atoms with E-state index < -0.39 is 0 Å². The minimum atomic E-state index is 0.656. The van der Waals surface area contributed by atoms with Crippen molar-refractivity contribution in [2.45, 2.75) is 26.9 Å². The zero-order chi connectivity index (χ0) is 18.4. The number of aryl methyl sites for hydroxylation is 2. The van der Waals surface area contributed by atoms with E-state index in [0.29, 0.717) is 5.11 Å². The van der Waals surface area contributed by atoms with Crippen LogP contribution in [0.1, 0.15) is 22.3 Å². The fourth-order valence-corrected chi connectivity index (χ4v) is 3.60. The molecule has 0 aromatic heterocycles. The van der Waals surface area contributed by atoms with Gasteiger partial charge in [-0.05, 0) is 54.9 Å². The fourth-order valence-electron chi connectivity index (χ4n) is 3.41. The van der Waals surface area contributed by atoms with Gasteiger partial charge in [-0.1, -0.05) is 30.3 Å². The highest BCUT2D eigenvalue weighted by molar-refractivity contribution is 7.80. The van der Waals surface area contributed by atoms with E-state index in [1.54, 1.807) is 4.90 Å². The van der Waals surface area contributed by atoms with Crippen molar-refractivity contribution in [2.75, 3.05) is 31.6 Å². The third-order valence-electron chi connectivity index (χ3n) is 4.68. The summed E-state index contributed by atoms with van der Waals surface area (Å²) in [5, 5.41) is 7.30. The standard InChI is InChI=1S/C21H27N3OS/c1-16-11-17(2)13-20(12-16)23-21(26)22-14-18-5-3-4-6-19(18)15-24-7-9-25-10-8-24/h3-6,11-13H,7-10,14-15H2,1-2H3,(H2,22,23,26)/p+1. The van der Waals surface area contributed by atoms with Crippen LogP contribution in [0.4, 0.5) is 5.69 Å². The van der Waals surface area contributed by atoms with E-state index in [9.17, 15) is 0 Å². The number of hydrogen-bond donors (Lipinski definition) is 3. The maximum absolute atomic E-state index is 5.48. The number of ether oxygens (including phenoxy) is 1. The highest BCUT2D eigenvalue weighted by atomic mass is 32.1. The number of quaternary nitrogens is 1. The van der Waals surface area contributed by atoms with Crippen LogP contribution in [0.2, 0.25) is 0 Å². The largest absolute Gasteiger partial charge is 0.370 e. The van der Waals surface area contributed by atoms with Gasteiger partial charge in [-0.3, -0.25) is 0 Å². The third-order valence-corrected chi connectivity index (χ3v) is 4.92. The van der Waals surface area contributed by atoms with E-state index in [2.05, 4.69) is 66.9 Å². The van der Waals surface area contributed by atoms with Gasteiger partial charge in [0.15, 0.2) is 5.11 Å². The molecule has 0 spiro atoms. The molecular formula is C21H28N3OS+. The Morgan fingerprint density at radius 3 is 2.38 bits per heavy atom. The molecule has 2 aromatic rings. The molecule has 2 aromatic carbocycles. The van der Waals surface area contributed by atoms with Gasteiger partial charge in [0, 0.05) is 17.8 Å². The number of rotatable bonds is 5. The Labute approximate surface area is 161 Å². The van der Waals surface area contributed by atoms with Crippen molar-refractivity contribution in [1.29, 1.82) is 0 Å². The molecule has 1 saturated heterocycles. The predicted molar refractivity (Wildman–Crippen MR) is 111 cm³/mol. The number of hydrogen-bond acceptors (Lipinski definition) is 2. The van der Waals surface area contributed by atoms with Crippen LogP contribution in [-0.2, 0) is 17.8 Å². The Balaban J connectivity index is 1.57. The molecule has 0 aliphatic carbocycles. The van der Waals surface area contributed by atoms with Gasteiger partial charge in [-0.2, -0.15) is 0 Å². The van der Waals surface area contributed by atoms with E-state index in [4.69, 9.17) is 17.0 Å².